The zero-order valence-electron chi connectivity index (χ0n) is 23.8. The Morgan fingerprint density at radius 2 is 1.72 bits per heavy atom. The number of hydrogen-bond donors (Lipinski definition) is 0. The van der Waals surface area contributed by atoms with Gasteiger partial charge in [-0.25, -0.2) is 9.79 Å². The summed E-state index contributed by atoms with van der Waals surface area (Å²) in [6.07, 6.45) is 1.65. The number of benzene rings is 3. The number of allylic oxidation sites excluding steroid dienone is 1. The third-order valence-corrected chi connectivity index (χ3v) is 8.90. The second-order valence-corrected chi connectivity index (χ2v) is 11.9. The van der Waals surface area contributed by atoms with Crippen molar-refractivity contribution in [3.05, 3.63) is 115 Å². The fourth-order valence-electron chi connectivity index (χ4n) is 4.64. The van der Waals surface area contributed by atoms with E-state index in [1.165, 1.54) is 41.2 Å². The van der Waals surface area contributed by atoms with Gasteiger partial charge in [-0.1, -0.05) is 47.7 Å². The minimum Gasteiger partial charge on any atom is -0.497 e. The van der Waals surface area contributed by atoms with Crippen LogP contribution in [0.2, 0.25) is 0 Å². The van der Waals surface area contributed by atoms with Gasteiger partial charge in [0.15, 0.2) is 16.3 Å². The largest absolute Gasteiger partial charge is 0.497 e. The van der Waals surface area contributed by atoms with Crippen LogP contribution in [0.25, 0.3) is 6.08 Å². The number of fused-ring (bicyclic) bond motifs is 1. The number of rotatable bonds is 9. The first kappa shape index (κ1) is 29.8. The topological polar surface area (TPSA) is 122 Å². The summed E-state index contributed by atoms with van der Waals surface area (Å²) >= 11 is 1.17. The lowest BCUT2D eigenvalue weighted by atomic mass is 9.96. The van der Waals surface area contributed by atoms with Gasteiger partial charge < -0.3 is 18.4 Å². The average Bonchev–Trinajstić information content (AvgIpc) is 3.31. The molecule has 222 valence electrons. The van der Waals surface area contributed by atoms with E-state index in [1.54, 1.807) is 81.6 Å². The first-order chi connectivity index (χ1) is 20.7. The smallest absolute Gasteiger partial charge is 0.339 e. The molecular weight excluding hydrogens is 592 g/mol. The highest BCUT2D eigenvalue weighted by Crippen LogP contribution is 2.33. The minimum atomic E-state index is -4.09. The number of thiazole rings is 1. The van der Waals surface area contributed by atoms with E-state index >= 15 is 0 Å². The third-order valence-electron chi connectivity index (χ3n) is 6.67. The van der Waals surface area contributed by atoms with Crippen LogP contribution < -0.4 is 28.5 Å². The quantitative estimate of drug-likeness (QED) is 0.206. The number of hydrogen-bond acceptors (Lipinski definition) is 10. The van der Waals surface area contributed by atoms with Crippen LogP contribution in [0.15, 0.2) is 98.7 Å². The van der Waals surface area contributed by atoms with Crippen LogP contribution in [0.5, 0.6) is 17.2 Å². The maximum Gasteiger partial charge on any atom is 0.339 e. The van der Waals surface area contributed by atoms with E-state index in [0.717, 1.165) is 0 Å². The summed E-state index contributed by atoms with van der Waals surface area (Å²) in [5.41, 5.74) is 1.62. The molecule has 43 heavy (non-hydrogen) atoms. The molecule has 1 aromatic heterocycles. The highest BCUT2D eigenvalue weighted by atomic mass is 32.2. The summed E-state index contributed by atoms with van der Waals surface area (Å²) in [7, 11) is -1.14. The average molecular weight is 621 g/mol. The predicted molar refractivity (Wildman–Crippen MR) is 161 cm³/mol. The molecule has 1 aliphatic heterocycles. The SMILES string of the molecule is CCOC(=O)C1=C(C)N=c2s/c(=C/c3ccc(OS(=O)(=O)c4ccccc4)c(OC)c3)c(=O)n2[C@@H]1c1ccc(OC)cc1. The van der Waals surface area contributed by atoms with E-state index in [-0.39, 0.29) is 34.1 Å². The lowest BCUT2D eigenvalue weighted by Gasteiger charge is -2.24. The summed E-state index contributed by atoms with van der Waals surface area (Å²) in [6, 6.07) is 18.8. The van der Waals surface area contributed by atoms with Crippen molar-refractivity contribution in [1.29, 1.82) is 0 Å². The Morgan fingerprint density at radius 3 is 2.37 bits per heavy atom. The zero-order chi connectivity index (χ0) is 30.7. The number of ether oxygens (including phenoxy) is 3. The molecule has 3 aromatic carbocycles. The Bertz CT molecular complexity index is 2000. The van der Waals surface area contributed by atoms with Crippen molar-refractivity contribution in [3.63, 3.8) is 0 Å². The fraction of sp³-hybridized carbons (Fsp3) is 0.194. The second kappa shape index (κ2) is 12.3. The van der Waals surface area contributed by atoms with E-state index in [1.807, 2.05) is 0 Å². The number of nitrogens with zero attached hydrogens (tertiary/aromatic N) is 2. The van der Waals surface area contributed by atoms with Crippen LogP contribution in [-0.2, 0) is 19.6 Å². The monoisotopic (exact) mass is 620 g/mol. The Morgan fingerprint density at radius 1 is 1.00 bits per heavy atom. The number of aromatic nitrogens is 1. The molecule has 0 saturated heterocycles. The summed E-state index contributed by atoms with van der Waals surface area (Å²) in [5.74, 6) is 0.244. The minimum absolute atomic E-state index is 0.000767. The normalized spacial score (nSPS) is 15.0. The summed E-state index contributed by atoms with van der Waals surface area (Å²) in [6.45, 7) is 3.60. The first-order valence-corrected chi connectivity index (χ1v) is 15.4. The molecule has 0 amide bonds. The van der Waals surface area contributed by atoms with Crippen LogP contribution in [0, 0.1) is 0 Å². The van der Waals surface area contributed by atoms with Gasteiger partial charge in [-0.15, -0.1) is 0 Å². The van der Waals surface area contributed by atoms with Gasteiger partial charge in [0, 0.05) is 0 Å². The molecular formula is C31H28N2O8S2. The van der Waals surface area contributed by atoms with E-state index in [2.05, 4.69) is 4.99 Å². The Hall–Kier alpha value is -4.68. The van der Waals surface area contributed by atoms with Gasteiger partial charge >= 0.3 is 16.1 Å². The summed E-state index contributed by atoms with van der Waals surface area (Å²) in [5, 5.41) is 0. The highest BCUT2D eigenvalue weighted by Gasteiger charge is 2.33. The molecule has 1 atom stereocenters. The lowest BCUT2D eigenvalue weighted by molar-refractivity contribution is -0.139. The van der Waals surface area contributed by atoms with Crippen LogP contribution in [0.4, 0.5) is 0 Å². The summed E-state index contributed by atoms with van der Waals surface area (Å²) in [4.78, 5) is 32.0. The van der Waals surface area contributed by atoms with Gasteiger partial charge in [0.1, 0.15) is 10.6 Å². The van der Waals surface area contributed by atoms with Crippen LogP contribution >= 0.6 is 11.3 Å². The van der Waals surface area contributed by atoms with Gasteiger partial charge in [0.2, 0.25) is 0 Å². The van der Waals surface area contributed by atoms with Crippen molar-refractivity contribution in [2.45, 2.75) is 24.8 Å². The Labute approximate surface area is 251 Å². The first-order valence-electron chi connectivity index (χ1n) is 13.2. The van der Waals surface area contributed by atoms with E-state index in [4.69, 9.17) is 18.4 Å². The van der Waals surface area contributed by atoms with Crippen molar-refractivity contribution >= 4 is 33.5 Å². The van der Waals surface area contributed by atoms with Gasteiger partial charge in [-0.3, -0.25) is 9.36 Å². The molecule has 0 radical (unpaired) electrons. The van der Waals surface area contributed by atoms with Crippen molar-refractivity contribution in [2.24, 2.45) is 4.99 Å². The van der Waals surface area contributed by atoms with Crippen molar-refractivity contribution in [1.82, 2.24) is 4.57 Å². The summed E-state index contributed by atoms with van der Waals surface area (Å²) < 4.78 is 48.7. The Balaban J connectivity index is 1.58. The van der Waals surface area contributed by atoms with Gasteiger partial charge in [-0.05, 0) is 67.4 Å². The maximum absolute atomic E-state index is 13.9. The molecule has 0 unspecified atom stereocenters. The molecule has 2 heterocycles. The maximum atomic E-state index is 13.9. The van der Waals surface area contributed by atoms with Crippen molar-refractivity contribution in [3.8, 4) is 17.2 Å². The molecule has 10 nitrogen and oxygen atoms in total. The number of carbonyl (C=O) groups is 1. The molecule has 5 rings (SSSR count). The molecule has 0 saturated carbocycles. The predicted octanol–water partition coefficient (Wildman–Crippen LogP) is 3.58. The molecule has 0 N–H and O–H groups in total. The van der Waals surface area contributed by atoms with E-state index in [0.29, 0.717) is 31.9 Å². The molecule has 0 bridgehead atoms. The van der Waals surface area contributed by atoms with Crippen molar-refractivity contribution < 1.29 is 31.6 Å². The third kappa shape index (κ3) is 5.97. The standard InChI is InChI=1S/C31H28N2O8S2/c1-5-40-30(35)27-19(2)32-31-33(28(27)21-12-14-22(38-3)15-13-21)29(34)26(42-31)18-20-11-16-24(25(17-20)39-4)41-43(36,37)23-9-7-6-8-10-23/h6-18,28H,5H2,1-4H3/b26-18+/t28-/m1/s1. The molecule has 4 aromatic rings. The zero-order valence-corrected chi connectivity index (χ0v) is 25.4. The number of carbonyl (C=O) groups excluding carboxylic acids is 1. The molecule has 0 spiro atoms. The second-order valence-electron chi connectivity index (χ2n) is 9.34. The van der Waals surface area contributed by atoms with Crippen LogP contribution in [0.3, 0.4) is 0 Å². The van der Waals surface area contributed by atoms with Crippen LogP contribution in [0.1, 0.15) is 31.0 Å². The van der Waals surface area contributed by atoms with Gasteiger partial charge in [0.25, 0.3) is 5.56 Å². The van der Waals surface area contributed by atoms with Gasteiger partial charge in [-0.2, -0.15) is 8.42 Å². The number of methoxy groups -OCH3 is 2. The molecule has 1 aliphatic rings. The lowest BCUT2D eigenvalue weighted by Crippen LogP contribution is -2.39. The fourth-order valence-corrected chi connectivity index (χ4v) is 6.65. The highest BCUT2D eigenvalue weighted by molar-refractivity contribution is 7.87. The van der Waals surface area contributed by atoms with E-state index in [9.17, 15) is 18.0 Å². The Kier molecular flexibility index (Phi) is 8.51. The number of esters is 1. The van der Waals surface area contributed by atoms with E-state index < -0.39 is 22.1 Å². The molecule has 12 heteroatoms. The molecule has 0 aliphatic carbocycles. The molecule has 0 fully saturated rings. The van der Waals surface area contributed by atoms with Crippen molar-refractivity contribution in [2.75, 3.05) is 20.8 Å². The van der Waals surface area contributed by atoms with Gasteiger partial charge in [0.05, 0.1) is 42.7 Å². The van der Waals surface area contributed by atoms with Crippen LogP contribution in [-0.4, -0.2) is 39.8 Å².